The zero-order valence-corrected chi connectivity index (χ0v) is 17.9. The second-order valence-electron chi connectivity index (χ2n) is 8.39. The van der Waals surface area contributed by atoms with Gasteiger partial charge in [-0.1, -0.05) is 24.6 Å². The first-order valence-corrected chi connectivity index (χ1v) is 11.2. The van der Waals surface area contributed by atoms with Crippen LogP contribution in [0.1, 0.15) is 36.8 Å². The van der Waals surface area contributed by atoms with Crippen LogP contribution in [0.5, 0.6) is 0 Å². The fourth-order valence-electron chi connectivity index (χ4n) is 4.47. The largest absolute Gasteiger partial charge is 0.326 e. The molecule has 0 saturated carbocycles. The maximum absolute atomic E-state index is 12.7. The molecule has 0 unspecified atom stereocenters. The van der Waals surface area contributed by atoms with Gasteiger partial charge in [0.15, 0.2) is 0 Å². The topological polar surface area (TPSA) is 74.3 Å². The summed E-state index contributed by atoms with van der Waals surface area (Å²) in [5.41, 5.74) is 4.66. The summed E-state index contributed by atoms with van der Waals surface area (Å²) in [6, 6.07) is 15.3. The van der Waals surface area contributed by atoms with Crippen molar-refractivity contribution < 1.29 is 9.59 Å². The molecule has 1 saturated heterocycles. The number of hydrogen-bond acceptors (Lipinski definition) is 4. The molecule has 2 aliphatic rings. The summed E-state index contributed by atoms with van der Waals surface area (Å²) in [5, 5.41) is 6.91. The van der Waals surface area contributed by atoms with Gasteiger partial charge >= 0.3 is 0 Å². The van der Waals surface area contributed by atoms with Gasteiger partial charge in [-0.2, -0.15) is 0 Å². The molecule has 2 aromatic carbocycles. The molecule has 3 heterocycles. The summed E-state index contributed by atoms with van der Waals surface area (Å²) in [7, 11) is 0. The number of carbonyl (C=O) groups excluding carboxylic acids is 2. The molecule has 5 rings (SSSR count). The van der Waals surface area contributed by atoms with Crippen molar-refractivity contribution in [3.8, 4) is 0 Å². The highest BCUT2D eigenvalue weighted by atomic mass is 16.2. The van der Waals surface area contributed by atoms with Gasteiger partial charge in [0.1, 0.15) is 0 Å². The zero-order valence-electron chi connectivity index (χ0n) is 17.9. The first-order valence-electron chi connectivity index (χ1n) is 11.2. The Morgan fingerprint density at radius 3 is 2.81 bits per heavy atom. The van der Waals surface area contributed by atoms with Crippen LogP contribution in [0, 0.1) is 0 Å². The van der Waals surface area contributed by atoms with E-state index in [1.807, 2.05) is 54.6 Å². The van der Waals surface area contributed by atoms with Gasteiger partial charge in [0.05, 0.1) is 5.52 Å². The molecule has 0 aliphatic carbocycles. The number of nitrogens with zero attached hydrogens (tertiary/aromatic N) is 2. The smallest absolute Gasteiger partial charge is 0.256 e. The number of para-hydroxylation sites is 1. The predicted octanol–water partition coefficient (Wildman–Crippen LogP) is 4.54. The molecule has 3 aromatic rings. The maximum Gasteiger partial charge on any atom is 0.256 e. The number of pyridine rings is 1. The second-order valence-corrected chi connectivity index (χ2v) is 8.39. The Bertz CT molecular complexity index is 1210. The Hall–Kier alpha value is -3.51. The summed E-state index contributed by atoms with van der Waals surface area (Å²) in [5.74, 6) is -0.145. The average Bonchev–Trinajstić information content (AvgIpc) is 3.13. The van der Waals surface area contributed by atoms with Crippen molar-refractivity contribution in [2.75, 3.05) is 30.3 Å². The number of aromatic nitrogens is 1. The van der Waals surface area contributed by atoms with Gasteiger partial charge in [-0.25, -0.2) is 0 Å². The normalized spacial score (nSPS) is 17.4. The lowest BCUT2D eigenvalue weighted by molar-refractivity contribution is -0.116. The second kappa shape index (κ2) is 8.93. The van der Waals surface area contributed by atoms with Crippen molar-refractivity contribution in [2.45, 2.75) is 25.7 Å². The lowest BCUT2D eigenvalue weighted by Gasteiger charge is -2.25. The van der Waals surface area contributed by atoms with Gasteiger partial charge in [0.2, 0.25) is 5.91 Å². The van der Waals surface area contributed by atoms with E-state index in [1.165, 1.54) is 19.3 Å². The summed E-state index contributed by atoms with van der Waals surface area (Å²) in [4.78, 5) is 31.9. The van der Waals surface area contributed by atoms with E-state index in [1.54, 1.807) is 6.20 Å². The number of carbonyl (C=O) groups is 2. The highest BCUT2D eigenvalue weighted by Crippen LogP contribution is 2.36. The van der Waals surface area contributed by atoms with E-state index in [9.17, 15) is 9.59 Å². The standard InChI is InChI=1S/C26H26N4O2/c31-25(11-15-30-13-4-1-5-14-30)28-19-8-9-24-21(17-19)22(26(32)29-24)16-18-10-12-27-23-7-3-2-6-20(18)23/h2-3,6-10,12,16-17H,1,4-5,11,13-15H2,(H,28,31)(H,29,32)/b22-16+. The molecule has 6 nitrogen and oxygen atoms in total. The summed E-state index contributed by atoms with van der Waals surface area (Å²) < 4.78 is 0. The first kappa shape index (κ1) is 20.4. The van der Waals surface area contributed by atoms with Crippen LogP contribution in [0.4, 0.5) is 11.4 Å². The zero-order chi connectivity index (χ0) is 21.9. The third-order valence-corrected chi connectivity index (χ3v) is 6.17. The summed E-state index contributed by atoms with van der Waals surface area (Å²) in [6.07, 6.45) is 7.84. The molecule has 0 radical (unpaired) electrons. The molecule has 2 amide bonds. The molecule has 2 N–H and O–H groups in total. The summed E-state index contributed by atoms with van der Waals surface area (Å²) in [6.45, 7) is 2.95. The number of anilines is 2. The van der Waals surface area contributed by atoms with Crippen LogP contribution in [0.3, 0.4) is 0 Å². The van der Waals surface area contributed by atoms with Gasteiger partial charge in [0.25, 0.3) is 5.91 Å². The molecule has 6 heteroatoms. The highest BCUT2D eigenvalue weighted by molar-refractivity contribution is 6.35. The van der Waals surface area contributed by atoms with Crippen LogP contribution < -0.4 is 10.6 Å². The molecule has 1 aromatic heterocycles. The predicted molar refractivity (Wildman–Crippen MR) is 128 cm³/mol. The maximum atomic E-state index is 12.7. The van der Waals surface area contributed by atoms with E-state index in [2.05, 4.69) is 20.5 Å². The van der Waals surface area contributed by atoms with Crippen LogP contribution in [0.2, 0.25) is 0 Å². The number of piperidine rings is 1. The Labute approximate surface area is 187 Å². The minimum Gasteiger partial charge on any atom is -0.326 e. The van der Waals surface area contributed by atoms with Crippen molar-refractivity contribution >= 4 is 45.7 Å². The fourth-order valence-corrected chi connectivity index (χ4v) is 4.47. The van der Waals surface area contributed by atoms with Crippen molar-refractivity contribution in [2.24, 2.45) is 0 Å². The Morgan fingerprint density at radius 1 is 1.09 bits per heavy atom. The minimum atomic E-state index is -0.144. The third-order valence-electron chi connectivity index (χ3n) is 6.17. The van der Waals surface area contributed by atoms with E-state index in [0.29, 0.717) is 17.7 Å². The number of fused-ring (bicyclic) bond motifs is 2. The lowest BCUT2D eigenvalue weighted by Crippen LogP contribution is -2.32. The van der Waals surface area contributed by atoms with Gasteiger partial charge in [-0.3, -0.25) is 14.6 Å². The molecule has 0 atom stereocenters. The van der Waals surface area contributed by atoms with Crippen molar-refractivity contribution in [3.63, 3.8) is 0 Å². The van der Waals surface area contributed by atoms with Crippen molar-refractivity contribution in [3.05, 3.63) is 65.9 Å². The lowest BCUT2D eigenvalue weighted by atomic mass is 10.0. The molecule has 162 valence electrons. The highest BCUT2D eigenvalue weighted by Gasteiger charge is 2.25. The van der Waals surface area contributed by atoms with Crippen LogP contribution in [0.25, 0.3) is 22.6 Å². The monoisotopic (exact) mass is 426 g/mol. The van der Waals surface area contributed by atoms with Crippen LogP contribution in [-0.4, -0.2) is 41.3 Å². The Balaban J connectivity index is 1.36. The number of benzene rings is 2. The van der Waals surface area contributed by atoms with Gasteiger partial charge < -0.3 is 15.5 Å². The Kier molecular flexibility index (Phi) is 5.69. The molecular weight excluding hydrogens is 400 g/mol. The first-order chi connectivity index (χ1) is 15.7. The van der Waals surface area contributed by atoms with E-state index in [4.69, 9.17) is 0 Å². The third kappa shape index (κ3) is 4.27. The average molecular weight is 427 g/mol. The van der Waals surface area contributed by atoms with E-state index < -0.39 is 0 Å². The van der Waals surface area contributed by atoms with Crippen LogP contribution in [-0.2, 0) is 9.59 Å². The minimum absolute atomic E-state index is 0.00142. The van der Waals surface area contributed by atoms with Gasteiger partial charge in [0, 0.05) is 47.1 Å². The van der Waals surface area contributed by atoms with Crippen LogP contribution in [0.15, 0.2) is 54.7 Å². The van der Waals surface area contributed by atoms with Crippen LogP contribution >= 0.6 is 0 Å². The number of hydrogen-bond donors (Lipinski definition) is 2. The Morgan fingerprint density at radius 2 is 1.94 bits per heavy atom. The number of rotatable bonds is 5. The van der Waals surface area contributed by atoms with E-state index in [0.717, 1.165) is 47.4 Å². The molecule has 1 fully saturated rings. The fraction of sp³-hybridized carbons (Fsp3) is 0.269. The summed E-state index contributed by atoms with van der Waals surface area (Å²) >= 11 is 0. The molecule has 0 spiro atoms. The van der Waals surface area contributed by atoms with Crippen molar-refractivity contribution in [1.29, 1.82) is 0 Å². The molecule has 0 bridgehead atoms. The quantitative estimate of drug-likeness (QED) is 0.588. The SMILES string of the molecule is O=C(CCN1CCCCC1)Nc1ccc2c(c1)/C(=C\c1ccnc3ccccc13)C(=O)N2. The van der Waals surface area contributed by atoms with Crippen molar-refractivity contribution in [1.82, 2.24) is 9.88 Å². The van der Waals surface area contributed by atoms with Gasteiger partial charge in [-0.15, -0.1) is 0 Å². The molecule has 32 heavy (non-hydrogen) atoms. The molecule has 2 aliphatic heterocycles. The van der Waals surface area contributed by atoms with E-state index >= 15 is 0 Å². The number of nitrogens with one attached hydrogen (secondary N) is 2. The number of amides is 2. The van der Waals surface area contributed by atoms with Gasteiger partial charge in [-0.05, 0) is 67.9 Å². The van der Waals surface area contributed by atoms with E-state index in [-0.39, 0.29) is 11.8 Å². The molecular formula is C26H26N4O2. The number of likely N-dealkylation sites (tertiary alicyclic amines) is 1.